The molecule has 23 heavy (non-hydrogen) atoms. The van der Waals surface area contributed by atoms with Crippen molar-refractivity contribution in [1.29, 1.82) is 0 Å². The Kier molecular flexibility index (Phi) is 7.59. The molecule has 0 saturated heterocycles. The summed E-state index contributed by atoms with van der Waals surface area (Å²) in [6.07, 6.45) is 3.11. The summed E-state index contributed by atoms with van der Waals surface area (Å²) in [7, 11) is 1.61. The molecule has 0 bridgehead atoms. The van der Waals surface area contributed by atoms with E-state index in [4.69, 9.17) is 4.74 Å². The molecule has 0 aliphatic heterocycles. The zero-order chi connectivity index (χ0) is 17.3. The average Bonchev–Trinajstić information content (AvgIpc) is 2.56. The van der Waals surface area contributed by atoms with Gasteiger partial charge in [-0.3, -0.25) is 9.59 Å². The Balaban J connectivity index is 2.48. The number of hydrogen-bond donors (Lipinski definition) is 2. The number of nitrogens with one attached hydrogen (secondary N) is 2. The lowest BCUT2D eigenvalue weighted by Crippen LogP contribution is -2.47. The molecule has 0 heterocycles. The molecule has 1 aromatic carbocycles. The van der Waals surface area contributed by atoms with E-state index >= 15 is 0 Å². The molecule has 5 nitrogen and oxygen atoms in total. The second kappa shape index (κ2) is 9.18. The van der Waals surface area contributed by atoms with E-state index in [9.17, 15) is 9.59 Å². The van der Waals surface area contributed by atoms with Crippen LogP contribution in [0.5, 0.6) is 5.75 Å². The van der Waals surface area contributed by atoms with Gasteiger partial charge in [0, 0.05) is 13.1 Å². The van der Waals surface area contributed by atoms with E-state index in [-0.39, 0.29) is 11.8 Å². The van der Waals surface area contributed by atoms with E-state index in [0.29, 0.717) is 13.1 Å². The highest BCUT2D eigenvalue weighted by Crippen LogP contribution is 2.16. The molecule has 0 unspecified atom stereocenters. The van der Waals surface area contributed by atoms with Gasteiger partial charge in [0.15, 0.2) is 0 Å². The largest absolute Gasteiger partial charge is 0.497 e. The Labute approximate surface area is 138 Å². The lowest BCUT2D eigenvalue weighted by Gasteiger charge is -2.22. The molecular weight excluding hydrogens is 292 g/mol. The maximum absolute atomic E-state index is 12.3. The van der Waals surface area contributed by atoms with Crippen LogP contribution < -0.4 is 15.4 Å². The van der Waals surface area contributed by atoms with Crippen molar-refractivity contribution in [1.82, 2.24) is 10.6 Å². The molecule has 2 N–H and O–H groups in total. The smallest absolute Gasteiger partial charge is 0.235 e. The molecular formula is C18H28N2O3. The van der Waals surface area contributed by atoms with E-state index in [0.717, 1.165) is 30.6 Å². The highest BCUT2D eigenvalue weighted by Gasteiger charge is 2.35. The molecule has 5 heteroatoms. The first kappa shape index (κ1) is 19.0. The first-order valence-corrected chi connectivity index (χ1v) is 8.11. The zero-order valence-corrected chi connectivity index (χ0v) is 14.6. The number of ether oxygens (including phenoxy) is 1. The SMILES string of the molecule is CCCCCNC(=O)C(C)(C)C(=O)NCc1ccc(OC)cc1. The van der Waals surface area contributed by atoms with Crippen LogP contribution in [0.4, 0.5) is 0 Å². The first-order chi connectivity index (χ1) is 10.9. The molecule has 0 aliphatic carbocycles. The first-order valence-electron chi connectivity index (χ1n) is 8.11. The molecule has 0 saturated carbocycles. The summed E-state index contributed by atoms with van der Waals surface area (Å²) in [6, 6.07) is 7.45. The summed E-state index contributed by atoms with van der Waals surface area (Å²) >= 11 is 0. The molecule has 0 radical (unpaired) electrons. The monoisotopic (exact) mass is 320 g/mol. The van der Waals surface area contributed by atoms with Gasteiger partial charge >= 0.3 is 0 Å². The van der Waals surface area contributed by atoms with Crippen molar-refractivity contribution in [3.05, 3.63) is 29.8 Å². The van der Waals surface area contributed by atoms with Gasteiger partial charge in [-0.15, -0.1) is 0 Å². The van der Waals surface area contributed by atoms with Gasteiger partial charge in [0.05, 0.1) is 7.11 Å². The van der Waals surface area contributed by atoms with Crippen molar-refractivity contribution in [2.75, 3.05) is 13.7 Å². The van der Waals surface area contributed by atoms with Crippen LogP contribution in [-0.2, 0) is 16.1 Å². The van der Waals surface area contributed by atoms with E-state index in [1.807, 2.05) is 24.3 Å². The van der Waals surface area contributed by atoms with Gasteiger partial charge in [0.25, 0.3) is 0 Å². The molecule has 0 atom stereocenters. The summed E-state index contributed by atoms with van der Waals surface area (Å²) in [5.74, 6) is 0.258. The van der Waals surface area contributed by atoms with Gasteiger partial charge in [-0.2, -0.15) is 0 Å². The number of hydrogen-bond acceptors (Lipinski definition) is 3. The Bertz CT molecular complexity index is 510. The third-order valence-corrected chi connectivity index (χ3v) is 3.81. The Hall–Kier alpha value is -2.04. The molecule has 0 spiro atoms. The Morgan fingerprint density at radius 1 is 1.04 bits per heavy atom. The second-order valence-electron chi connectivity index (χ2n) is 6.12. The minimum atomic E-state index is -1.08. The average molecular weight is 320 g/mol. The number of carbonyl (C=O) groups excluding carboxylic acids is 2. The van der Waals surface area contributed by atoms with Crippen LogP contribution in [0.15, 0.2) is 24.3 Å². The van der Waals surface area contributed by atoms with Crippen molar-refractivity contribution < 1.29 is 14.3 Å². The Morgan fingerprint density at radius 2 is 1.65 bits per heavy atom. The summed E-state index contributed by atoms with van der Waals surface area (Å²) in [6.45, 7) is 6.40. The fourth-order valence-electron chi connectivity index (χ4n) is 2.05. The fourth-order valence-corrected chi connectivity index (χ4v) is 2.05. The lowest BCUT2D eigenvalue weighted by molar-refractivity contribution is -0.141. The minimum Gasteiger partial charge on any atom is -0.497 e. The highest BCUT2D eigenvalue weighted by molar-refractivity contribution is 6.04. The normalized spacial score (nSPS) is 11.0. The molecule has 2 amide bonds. The predicted octanol–water partition coefficient (Wildman–Crippen LogP) is 2.64. The fraction of sp³-hybridized carbons (Fsp3) is 0.556. The maximum Gasteiger partial charge on any atom is 0.235 e. The summed E-state index contributed by atoms with van der Waals surface area (Å²) < 4.78 is 5.10. The van der Waals surface area contributed by atoms with E-state index in [1.165, 1.54) is 0 Å². The van der Waals surface area contributed by atoms with Gasteiger partial charge in [-0.25, -0.2) is 0 Å². The van der Waals surface area contributed by atoms with Crippen molar-refractivity contribution in [3.63, 3.8) is 0 Å². The van der Waals surface area contributed by atoms with E-state index in [2.05, 4.69) is 17.6 Å². The van der Waals surface area contributed by atoms with E-state index < -0.39 is 5.41 Å². The van der Waals surface area contributed by atoms with Crippen molar-refractivity contribution in [3.8, 4) is 5.75 Å². The van der Waals surface area contributed by atoms with Crippen LogP contribution >= 0.6 is 0 Å². The van der Waals surface area contributed by atoms with Crippen LogP contribution in [0.25, 0.3) is 0 Å². The molecule has 0 aliphatic rings. The number of benzene rings is 1. The van der Waals surface area contributed by atoms with Gasteiger partial charge in [0.2, 0.25) is 11.8 Å². The number of unbranched alkanes of at least 4 members (excludes halogenated alkanes) is 2. The van der Waals surface area contributed by atoms with Crippen molar-refractivity contribution in [2.45, 2.75) is 46.6 Å². The highest BCUT2D eigenvalue weighted by atomic mass is 16.5. The molecule has 1 rings (SSSR count). The van der Waals surface area contributed by atoms with Crippen LogP contribution in [0.2, 0.25) is 0 Å². The van der Waals surface area contributed by atoms with Gasteiger partial charge in [-0.05, 0) is 38.0 Å². The van der Waals surface area contributed by atoms with Crippen LogP contribution in [-0.4, -0.2) is 25.5 Å². The van der Waals surface area contributed by atoms with Crippen molar-refractivity contribution >= 4 is 11.8 Å². The summed E-state index contributed by atoms with van der Waals surface area (Å²) in [5, 5.41) is 5.65. The van der Waals surface area contributed by atoms with Crippen LogP contribution in [0.1, 0.15) is 45.6 Å². The third-order valence-electron chi connectivity index (χ3n) is 3.81. The quantitative estimate of drug-likeness (QED) is 0.543. The maximum atomic E-state index is 12.3. The number of rotatable bonds is 9. The molecule has 128 valence electrons. The Morgan fingerprint density at radius 3 is 2.22 bits per heavy atom. The minimum absolute atomic E-state index is 0.235. The van der Waals surface area contributed by atoms with Crippen LogP contribution in [0, 0.1) is 5.41 Å². The standard InChI is InChI=1S/C18H28N2O3/c1-5-6-7-12-19-16(21)18(2,3)17(22)20-13-14-8-10-15(23-4)11-9-14/h8-11H,5-7,12-13H2,1-4H3,(H,19,21)(H,20,22). The van der Waals surface area contributed by atoms with Gasteiger partial charge in [-0.1, -0.05) is 31.9 Å². The number of methoxy groups -OCH3 is 1. The third kappa shape index (κ3) is 5.93. The van der Waals surface area contributed by atoms with Crippen LogP contribution in [0.3, 0.4) is 0 Å². The predicted molar refractivity (Wildman–Crippen MR) is 91.2 cm³/mol. The lowest BCUT2D eigenvalue weighted by atomic mass is 9.91. The summed E-state index contributed by atoms with van der Waals surface area (Å²) in [5.41, 5.74) is -0.128. The van der Waals surface area contributed by atoms with Gasteiger partial charge < -0.3 is 15.4 Å². The number of carbonyl (C=O) groups is 2. The molecule has 1 aromatic rings. The van der Waals surface area contributed by atoms with E-state index in [1.54, 1.807) is 21.0 Å². The number of amides is 2. The molecule has 0 fully saturated rings. The zero-order valence-electron chi connectivity index (χ0n) is 14.6. The summed E-state index contributed by atoms with van der Waals surface area (Å²) in [4.78, 5) is 24.5. The second-order valence-corrected chi connectivity index (χ2v) is 6.12. The van der Waals surface area contributed by atoms with Crippen molar-refractivity contribution in [2.24, 2.45) is 5.41 Å². The topological polar surface area (TPSA) is 67.4 Å². The molecule has 0 aromatic heterocycles. The van der Waals surface area contributed by atoms with Gasteiger partial charge in [0.1, 0.15) is 11.2 Å².